The molecule has 0 bridgehead atoms. The summed E-state index contributed by atoms with van der Waals surface area (Å²) in [5.41, 5.74) is 1.50. The fourth-order valence-corrected chi connectivity index (χ4v) is 1.84. The van der Waals surface area contributed by atoms with Crippen molar-refractivity contribution >= 4 is 11.8 Å². The van der Waals surface area contributed by atoms with E-state index in [1.54, 1.807) is 18.7 Å². The van der Waals surface area contributed by atoms with Gasteiger partial charge in [-0.25, -0.2) is 4.98 Å². The van der Waals surface area contributed by atoms with Crippen molar-refractivity contribution in [1.82, 2.24) is 9.97 Å². The van der Waals surface area contributed by atoms with Crippen LogP contribution in [0.2, 0.25) is 0 Å². The van der Waals surface area contributed by atoms with Crippen LogP contribution in [0.3, 0.4) is 0 Å². The number of nitrogens with one attached hydrogen (secondary N) is 1. The molecular formula is C10H16N2OS. The third-order valence-electron chi connectivity index (χ3n) is 2.26. The van der Waals surface area contributed by atoms with Crippen LogP contribution in [0.1, 0.15) is 31.5 Å². The Morgan fingerprint density at radius 1 is 1.50 bits per heavy atom. The molecule has 4 heteroatoms. The molecule has 1 atom stereocenters. The summed E-state index contributed by atoms with van der Waals surface area (Å²) in [5.74, 6) is 0. The minimum atomic E-state index is -0.0247. The van der Waals surface area contributed by atoms with E-state index in [2.05, 4.69) is 23.8 Å². The molecule has 0 saturated heterocycles. The van der Waals surface area contributed by atoms with Crippen molar-refractivity contribution in [2.24, 2.45) is 0 Å². The number of aromatic amines is 1. The molecule has 1 N–H and O–H groups in total. The van der Waals surface area contributed by atoms with Gasteiger partial charge in [0.15, 0.2) is 5.16 Å². The number of hydrogen-bond donors (Lipinski definition) is 1. The summed E-state index contributed by atoms with van der Waals surface area (Å²) in [6.45, 7) is 7.90. The Kier molecular flexibility index (Phi) is 3.75. The molecule has 0 saturated carbocycles. The van der Waals surface area contributed by atoms with E-state index in [0.717, 1.165) is 17.3 Å². The van der Waals surface area contributed by atoms with Gasteiger partial charge < -0.3 is 4.98 Å². The van der Waals surface area contributed by atoms with Gasteiger partial charge in [0, 0.05) is 16.5 Å². The number of hydrogen-bond acceptors (Lipinski definition) is 3. The predicted octanol–water partition coefficient (Wildman–Crippen LogP) is 2.28. The van der Waals surface area contributed by atoms with Gasteiger partial charge in [0.1, 0.15) is 0 Å². The van der Waals surface area contributed by atoms with Gasteiger partial charge in [-0.1, -0.05) is 25.6 Å². The summed E-state index contributed by atoms with van der Waals surface area (Å²) in [4.78, 5) is 18.5. The van der Waals surface area contributed by atoms with Crippen LogP contribution < -0.4 is 5.56 Å². The van der Waals surface area contributed by atoms with Crippen molar-refractivity contribution in [3.05, 3.63) is 21.6 Å². The van der Waals surface area contributed by atoms with Gasteiger partial charge in [-0.15, -0.1) is 0 Å². The van der Waals surface area contributed by atoms with Crippen LogP contribution in [0.15, 0.2) is 9.95 Å². The van der Waals surface area contributed by atoms with E-state index in [0.29, 0.717) is 10.8 Å². The average molecular weight is 212 g/mol. The molecule has 0 fully saturated rings. The van der Waals surface area contributed by atoms with E-state index in [4.69, 9.17) is 0 Å². The number of thioether (sulfide) groups is 1. The second-order valence-electron chi connectivity index (χ2n) is 3.42. The molecule has 0 aliphatic heterocycles. The van der Waals surface area contributed by atoms with Crippen LogP contribution in [-0.4, -0.2) is 15.2 Å². The minimum Gasteiger partial charge on any atom is -0.301 e. The lowest BCUT2D eigenvalue weighted by atomic mass is 10.3. The van der Waals surface area contributed by atoms with Crippen LogP contribution in [0.5, 0.6) is 0 Å². The number of nitrogens with zero attached hydrogens (tertiary/aromatic N) is 1. The molecular weight excluding hydrogens is 196 g/mol. The fraction of sp³-hybridized carbons (Fsp3) is 0.600. The summed E-state index contributed by atoms with van der Waals surface area (Å²) in [6.07, 6.45) is 1.07. The third kappa shape index (κ3) is 2.61. The normalized spacial score (nSPS) is 12.9. The first-order chi connectivity index (χ1) is 6.54. The number of aromatic nitrogens is 2. The Morgan fingerprint density at radius 3 is 2.64 bits per heavy atom. The molecule has 0 unspecified atom stereocenters. The van der Waals surface area contributed by atoms with E-state index in [9.17, 15) is 4.79 Å². The maximum Gasteiger partial charge on any atom is 0.254 e. The Morgan fingerprint density at radius 2 is 2.14 bits per heavy atom. The quantitative estimate of drug-likeness (QED) is 0.617. The highest BCUT2D eigenvalue weighted by molar-refractivity contribution is 7.99. The molecule has 78 valence electrons. The molecule has 1 rings (SSSR count). The lowest BCUT2D eigenvalue weighted by Gasteiger charge is -2.07. The van der Waals surface area contributed by atoms with Gasteiger partial charge in [0.25, 0.3) is 5.56 Å². The SMILES string of the molecule is CC[C@H](C)Sc1nc(C)c(C)c(=O)[nH]1. The lowest BCUT2D eigenvalue weighted by molar-refractivity contribution is 0.855. The smallest absolute Gasteiger partial charge is 0.254 e. The Bertz CT molecular complexity index is 373. The maximum atomic E-state index is 11.4. The van der Waals surface area contributed by atoms with E-state index >= 15 is 0 Å². The molecule has 14 heavy (non-hydrogen) atoms. The van der Waals surface area contributed by atoms with Gasteiger partial charge in [-0.05, 0) is 20.3 Å². The molecule has 1 aromatic heterocycles. The number of H-pyrrole nitrogens is 1. The van der Waals surface area contributed by atoms with E-state index < -0.39 is 0 Å². The summed E-state index contributed by atoms with van der Waals surface area (Å²) < 4.78 is 0. The van der Waals surface area contributed by atoms with Gasteiger partial charge in [0.05, 0.1) is 0 Å². The van der Waals surface area contributed by atoms with Gasteiger partial charge >= 0.3 is 0 Å². The zero-order valence-corrected chi connectivity index (χ0v) is 9.86. The average Bonchev–Trinajstić information content (AvgIpc) is 2.14. The molecule has 0 radical (unpaired) electrons. The summed E-state index contributed by atoms with van der Waals surface area (Å²) in [7, 11) is 0. The highest BCUT2D eigenvalue weighted by Gasteiger charge is 2.07. The molecule has 0 spiro atoms. The van der Waals surface area contributed by atoms with Crippen LogP contribution in [-0.2, 0) is 0 Å². The topological polar surface area (TPSA) is 45.8 Å². The number of rotatable bonds is 3. The molecule has 0 aromatic carbocycles. The monoisotopic (exact) mass is 212 g/mol. The number of aryl methyl sites for hydroxylation is 1. The van der Waals surface area contributed by atoms with Crippen molar-refractivity contribution < 1.29 is 0 Å². The Hall–Kier alpha value is -0.770. The van der Waals surface area contributed by atoms with Gasteiger partial charge in [0.2, 0.25) is 0 Å². The second-order valence-corrected chi connectivity index (χ2v) is 4.85. The first kappa shape index (κ1) is 11.3. The molecule has 0 aliphatic rings. The molecule has 3 nitrogen and oxygen atoms in total. The molecule has 1 aromatic rings. The maximum absolute atomic E-state index is 11.4. The Labute approximate surface area is 88.3 Å². The van der Waals surface area contributed by atoms with Crippen molar-refractivity contribution in [3.63, 3.8) is 0 Å². The first-order valence-electron chi connectivity index (χ1n) is 4.78. The molecule has 0 aliphatic carbocycles. The summed E-state index contributed by atoms with van der Waals surface area (Å²) >= 11 is 1.61. The second kappa shape index (κ2) is 4.64. The van der Waals surface area contributed by atoms with E-state index in [-0.39, 0.29) is 5.56 Å². The largest absolute Gasteiger partial charge is 0.301 e. The Balaban J connectivity index is 2.96. The highest BCUT2D eigenvalue weighted by Crippen LogP contribution is 2.20. The lowest BCUT2D eigenvalue weighted by Crippen LogP contribution is -2.14. The zero-order chi connectivity index (χ0) is 10.7. The van der Waals surface area contributed by atoms with Crippen molar-refractivity contribution in [1.29, 1.82) is 0 Å². The summed E-state index contributed by atoms with van der Waals surface area (Å²) in [6, 6.07) is 0. The summed E-state index contributed by atoms with van der Waals surface area (Å²) in [5, 5.41) is 1.22. The van der Waals surface area contributed by atoms with Crippen molar-refractivity contribution in [2.45, 2.75) is 44.5 Å². The van der Waals surface area contributed by atoms with Crippen molar-refractivity contribution in [2.75, 3.05) is 0 Å². The minimum absolute atomic E-state index is 0.0247. The van der Waals surface area contributed by atoms with Crippen LogP contribution in [0.4, 0.5) is 0 Å². The molecule has 0 amide bonds. The molecule has 1 heterocycles. The van der Waals surface area contributed by atoms with Crippen LogP contribution in [0, 0.1) is 13.8 Å². The van der Waals surface area contributed by atoms with Gasteiger partial charge in [-0.3, -0.25) is 4.79 Å². The standard InChI is InChI=1S/C10H16N2OS/c1-5-6(2)14-10-11-8(4)7(3)9(13)12-10/h6H,5H2,1-4H3,(H,11,12,13)/t6-/m0/s1. The van der Waals surface area contributed by atoms with Crippen LogP contribution >= 0.6 is 11.8 Å². The zero-order valence-electron chi connectivity index (χ0n) is 9.05. The van der Waals surface area contributed by atoms with Crippen molar-refractivity contribution in [3.8, 4) is 0 Å². The van der Waals surface area contributed by atoms with Crippen LogP contribution in [0.25, 0.3) is 0 Å². The third-order valence-corrected chi connectivity index (χ3v) is 3.41. The van der Waals surface area contributed by atoms with Gasteiger partial charge in [-0.2, -0.15) is 0 Å². The van der Waals surface area contributed by atoms with E-state index in [1.807, 2.05) is 6.92 Å². The first-order valence-corrected chi connectivity index (χ1v) is 5.66. The predicted molar refractivity (Wildman–Crippen MR) is 59.9 cm³/mol. The van der Waals surface area contributed by atoms with E-state index in [1.165, 1.54) is 0 Å². The highest BCUT2D eigenvalue weighted by atomic mass is 32.2. The fourth-order valence-electron chi connectivity index (χ4n) is 0.949.